The van der Waals surface area contributed by atoms with Crippen LogP contribution in [0.15, 0.2) is 11.5 Å². The fraction of sp³-hybridized carbons (Fsp3) is 0.667. The van der Waals surface area contributed by atoms with Gasteiger partial charge in [-0.1, -0.05) is 31.0 Å². The Morgan fingerprint density at radius 1 is 1.58 bits per heavy atom. The van der Waals surface area contributed by atoms with Crippen LogP contribution in [0.3, 0.4) is 0 Å². The number of nitrogens with zero attached hydrogens (tertiary/aromatic N) is 4. The number of aromatic amines is 1. The van der Waals surface area contributed by atoms with Crippen LogP contribution in [-0.4, -0.2) is 44.3 Å². The summed E-state index contributed by atoms with van der Waals surface area (Å²) >= 11 is 1.31. The second kappa shape index (κ2) is 6.06. The minimum absolute atomic E-state index is 0.0372. The molecule has 0 unspecified atom stereocenters. The van der Waals surface area contributed by atoms with E-state index in [9.17, 15) is 10.1 Å². The van der Waals surface area contributed by atoms with Crippen molar-refractivity contribution in [1.29, 1.82) is 5.26 Å². The fourth-order valence-electron chi connectivity index (χ4n) is 2.39. The third-order valence-corrected chi connectivity index (χ3v) is 4.49. The molecule has 1 N–H and O–H groups in total. The van der Waals surface area contributed by atoms with Crippen molar-refractivity contribution in [2.24, 2.45) is 0 Å². The Bertz CT molecular complexity index is 461. The number of rotatable bonds is 4. The van der Waals surface area contributed by atoms with E-state index in [0.29, 0.717) is 5.16 Å². The molecule has 0 atom stereocenters. The standard InChI is InChI=1S/C12H17N5OS/c1-17(12(8-13)5-3-2-4-6-12)10(18)7-19-11-14-9-15-16-11/h9H,2-7H2,1H3,(H,14,15,16). The van der Waals surface area contributed by atoms with Crippen molar-refractivity contribution < 1.29 is 4.79 Å². The lowest BCUT2D eigenvalue weighted by atomic mass is 9.81. The lowest BCUT2D eigenvalue weighted by molar-refractivity contribution is -0.131. The summed E-state index contributed by atoms with van der Waals surface area (Å²) in [5.41, 5.74) is -0.614. The van der Waals surface area contributed by atoms with E-state index in [0.717, 1.165) is 32.1 Å². The molecule has 1 aliphatic carbocycles. The molecule has 6 nitrogen and oxygen atoms in total. The van der Waals surface area contributed by atoms with Gasteiger partial charge in [-0.3, -0.25) is 9.89 Å². The quantitative estimate of drug-likeness (QED) is 0.846. The highest BCUT2D eigenvalue weighted by Gasteiger charge is 2.38. The number of H-pyrrole nitrogens is 1. The topological polar surface area (TPSA) is 85.7 Å². The van der Waals surface area contributed by atoms with Gasteiger partial charge < -0.3 is 4.90 Å². The Balaban J connectivity index is 1.95. The maximum atomic E-state index is 12.2. The number of carbonyl (C=O) groups excluding carboxylic acids is 1. The summed E-state index contributed by atoms with van der Waals surface area (Å²) in [6.45, 7) is 0. The Kier molecular flexibility index (Phi) is 4.43. The molecule has 0 radical (unpaired) electrons. The smallest absolute Gasteiger partial charge is 0.234 e. The van der Waals surface area contributed by atoms with Crippen LogP contribution >= 0.6 is 11.8 Å². The summed E-state index contributed by atoms with van der Waals surface area (Å²) in [6, 6.07) is 2.35. The van der Waals surface area contributed by atoms with Crippen LogP contribution in [0.4, 0.5) is 0 Å². The van der Waals surface area contributed by atoms with Crippen LogP contribution < -0.4 is 0 Å². The summed E-state index contributed by atoms with van der Waals surface area (Å²) in [4.78, 5) is 17.8. The van der Waals surface area contributed by atoms with Crippen LogP contribution in [0.5, 0.6) is 0 Å². The third kappa shape index (κ3) is 3.07. The third-order valence-electron chi connectivity index (χ3n) is 3.63. The zero-order chi connectivity index (χ0) is 13.7. The Morgan fingerprint density at radius 2 is 2.32 bits per heavy atom. The molecule has 1 fully saturated rings. The largest absolute Gasteiger partial charge is 0.326 e. The van der Waals surface area contributed by atoms with Crippen molar-refractivity contribution in [1.82, 2.24) is 20.1 Å². The number of hydrogen-bond acceptors (Lipinski definition) is 5. The zero-order valence-corrected chi connectivity index (χ0v) is 11.7. The summed E-state index contributed by atoms with van der Waals surface area (Å²) in [7, 11) is 1.73. The maximum Gasteiger partial charge on any atom is 0.234 e. The van der Waals surface area contributed by atoms with Gasteiger partial charge in [-0.05, 0) is 12.8 Å². The number of hydrogen-bond donors (Lipinski definition) is 1. The number of nitrogens with one attached hydrogen (secondary N) is 1. The van der Waals surface area contributed by atoms with Crippen LogP contribution in [0.2, 0.25) is 0 Å². The van der Waals surface area contributed by atoms with Gasteiger partial charge in [-0.15, -0.1) is 0 Å². The van der Waals surface area contributed by atoms with Crippen molar-refractivity contribution >= 4 is 17.7 Å². The van der Waals surface area contributed by atoms with E-state index in [2.05, 4.69) is 21.3 Å². The minimum Gasteiger partial charge on any atom is -0.326 e. The summed E-state index contributed by atoms with van der Waals surface area (Å²) in [6.07, 6.45) is 6.14. The SMILES string of the molecule is CN(C(=O)CSc1ncn[nH]1)C1(C#N)CCCCC1. The van der Waals surface area contributed by atoms with E-state index in [-0.39, 0.29) is 11.7 Å². The molecule has 0 saturated heterocycles. The lowest BCUT2D eigenvalue weighted by Gasteiger charge is -2.38. The molecule has 1 aromatic rings. The predicted octanol–water partition coefficient (Wildman–Crippen LogP) is 1.58. The van der Waals surface area contributed by atoms with Crippen molar-refractivity contribution in [2.75, 3.05) is 12.8 Å². The summed E-state index contributed by atoms with van der Waals surface area (Å²) in [5.74, 6) is 0.236. The molecule has 0 aromatic carbocycles. The van der Waals surface area contributed by atoms with Gasteiger partial charge in [0.15, 0.2) is 5.16 Å². The van der Waals surface area contributed by atoms with E-state index in [1.54, 1.807) is 11.9 Å². The van der Waals surface area contributed by atoms with Gasteiger partial charge in [0.2, 0.25) is 5.91 Å². The van der Waals surface area contributed by atoms with Crippen LogP contribution in [0.25, 0.3) is 0 Å². The molecule has 1 amide bonds. The highest BCUT2D eigenvalue weighted by atomic mass is 32.2. The van der Waals surface area contributed by atoms with Crippen molar-refractivity contribution in [3.8, 4) is 6.07 Å². The normalized spacial score (nSPS) is 17.7. The monoisotopic (exact) mass is 279 g/mol. The average molecular weight is 279 g/mol. The molecular formula is C12H17N5OS. The molecule has 1 aromatic heterocycles. The van der Waals surface area contributed by atoms with Gasteiger partial charge in [0.05, 0.1) is 11.8 Å². The molecule has 1 heterocycles. The molecule has 1 saturated carbocycles. The van der Waals surface area contributed by atoms with Gasteiger partial charge >= 0.3 is 0 Å². The Labute approximate surface area is 116 Å². The number of thioether (sulfide) groups is 1. The first-order chi connectivity index (χ1) is 9.18. The minimum atomic E-state index is -0.614. The Morgan fingerprint density at radius 3 is 2.89 bits per heavy atom. The second-order valence-corrected chi connectivity index (χ2v) is 5.70. The molecule has 0 spiro atoms. The summed E-state index contributed by atoms with van der Waals surface area (Å²) in [5, 5.41) is 16.5. The first-order valence-corrected chi connectivity index (χ1v) is 7.32. The maximum absolute atomic E-state index is 12.2. The molecule has 0 aliphatic heterocycles. The number of amides is 1. The van der Waals surface area contributed by atoms with Gasteiger partial charge in [-0.25, -0.2) is 4.98 Å². The fourth-order valence-corrected chi connectivity index (χ4v) is 3.08. The van der Waals surface area contributed by atoms with Crippen molar-refractivity contribution in [3.63, 3.8) is 0 Å². The van der Waals surface area contributed by atoms with E-state index >= 15 is 0 Å². The molecule has 2 rings (SSSR count). The highest BCUT2D eigenvalue weighted by molar-refractivity contribution is 7.99. The first-order valence-electron chi connectivity index (χ1n) is 6.34. The van der Waals surface area contributed by atoms with Crippen LogP contribution in [0, 0.1) is 11.3 Å². The average Bonchev–Trinajstić information content (AvgIpc) is 2.98. The number of nitriles is 1. The van der Waals surface area contributed by atoms with Crippen LogP contribution in [0.1, 0.15) is 32.1 Å². The first kappa shape index (κ1) is 13.9. The van der Waals surface area contributed by atoms with Gasteiger partial charge in [-0.2, -0.15) is 10.4 Å². The van der Waals surface area contributed by atoms with Gasteiger partial charge in [0.25, 0.3) is 0 Å². The van der Waals surface area contributed by atoms with Crippen LogP contribution in [-0.2, 0) is 4.79 Å². The van der Waals surface area contributed by atoms with Gasteiger partial charge in [0, 0.05) is 7.05 Å². The molecule has 1 aliphatic rings. The van der Waals surface area contributed by atoms with E-state index in [1.807, 2.05) is 0 Å². The number of carbonyl (C=O) groups is 1. The van der Waals surface area contributed by atoms with E-state index in [1.165, 1.54) is 18.1 Å². The number of aromatic nitrogens is 3. The van der Waals surface area contributed by atoms with E-state index in [4.69, 9.17) is 0 Å². The molecule has 19 heavy (non-hydrogen) atoms. The van der Waals surface area contributed by atoms with E-state index < -0.39 is 5.54 Å². The Hall–Kier alpha value is -1.55. The second-order valence-electron chi connectivity index (χ2n) is 4.74. The molecule has 7 heteroatoms. The predicted molar refractivity (Wildman–Crippen MR) is 71.3 cm³/mol. The molecule has 102 valence electrons. The molecule has 0 bridgehead atoms. The lowest BCUT2D eigenvalue weighted by Crippen LogP contribution is -2.50. The molecular weight excluding hydrogens is 262 g/mol. The van der Waals surface area contributed by atoms with Crippen molar-refractivity contribution in [3.05, 3.63) is 6.33 Å². The summed E-state index contributed by atoms with van der Waals surface area (Å²) < 4.78 is 0. The zero-order valence-electron chi connectivity index (χ0n) is 10.9. The van der Waals surface area contributed by atoms with Gasteiger partial charge in [0.1, 0.15) is 11.9 Å². The van der Waals surface area contributed by atoms with Crippen molar-refractivity contribution in [2.45, 2.75) is 42.8 Å². The highest BCUT2D eigenvalue weighted by Crippen LogP contribution is 2.32.